The van der Waals surface area contributed by atoms with Crippen LogP contribution in [0.3, 0.4) is 0 Å². The number of nitrogens with one attached hydrogen (secondary N) is 2. The summed E-state index contributed by atoms with van der Waals surface area (Å²) in [4.78, 5) is 28.3. The Morgan fingerprint density at radius 1 is 1.23 bits per heavy atom. The maximum absolute atomic E-state index is 14.2. The van der Waals surface area contributed by atoms with Crippen LogP contribution in [0.2, 0.25) is 0 Å². The number of likely N-dealkylation sites (tertiary alicyclic amines) is 1. The molecule has 10 heteroatoms. The summed E-state index contributed by atoms with van der Waals surface area (Å²) in [5.74, 6) is -0.133. The number of likely N-dealkylation sites (N-methyl/N-ethyl adjacent to an activating group) is 1. The zero-order valence-corrected chi connectivity index (χ0v) is 23.6. The maximum atomic E-state index is 14.2. The summed E-state index contributed by atoms with van der Waals surface area (Å²) in [5.41, 5.74) is 5.89. The summed E-state index contributed by atoms with van der Waals surface area (Å²) in [6.45, 7) is 8.40. The van der Waals surface area contributed by atoms with E-state index in [0.717, 1.165) is 52.1 Å². The van der Waals surface area contributed by atoms with E-state index < -0.39 is 5.82 Å². The maximum Gasteiger partial charge on any atom is 0.240 e. The number of carbonyl (C=O) groups is 1. The van der Waals surface area contributed by atoms with Crippen LogP contribution in [-0.4, -0.2) is 91.2 Å². The van der Waals surface area contributed by atoms with Gasteiger partial charge >= 0.3 is 0 Å². The van der Waals surface area contributed by atoms with Crippen molar-refractivity contribution in [2.75, 3.05) is 27.2 Å². The van der Waals surface area contributed by atoms with Gasteiger partial charge in [-0.05, 0) is 75.3 Å². The van der Waals surface area contributed by atoms with Gasteiger partial charge in [0.05, 0.1) is 22.9 Å². The number of rotatable bonds is 6. The molecular formula is C30H36FN7O2. The van der Waals surface area contributed by atoms with Gasteiger partial charge in [0.2, 0.25) is 5.91 Å². The van der Waals surface area contributed by atoms with Crippen molar-refractivity contribution in [1.29, 1.82) is 0 Å². The van der Waals surface area contributed by atoms with Crippen LogP contribution in [-0.2, 0) is 24.2 Å². The average Bonchev–Trinajstić information content (AvgIpc) is 3.51. The molecule has 4 aromatic rings. The fourth-order valence-electron chi connectivity index (χ4n) is 5.93. The molecule has 1 amide bonds. The minimum absolute atomic E-state index is 0.178. The summed E-state index contributed by atoms with van der Waals surface area (Å²) < 4.78 is 14.2. The quantitative estimate of drug-likeness (QED) is 0.339. The first-order chi connectivity index (χ1) is 19.1. The van der Waals surface area contributed by atoms with E-state index in [9.17, 15) is 14.3 Å². The lowest BCUT2D eigenvalue weighted by atomic mass is 9.96. The molecule has 2 aliphatic heterocycles. The molecule has 2 aromatic carbocycles. The molecule has 40 heavy (non-hydrogen) atoms. The number of halogens is 1. The zero-order valence-electron chi connectivity index (χ0n) is 23.6. The molecule has 1 unspecified atom stereocenters. The molecule has 1 saturated heterocycles. The number of hydrogen-bond acceptors (Lipinski definition) is 6. The summed E-state index contributed by atoms with van der Waals surface area (Å²) in [6.07, 6.45) is 1.23. The highest BCUT2D eigenvalue weighted by atomic mass is 19.1. The Labute approximate surface area is 233 Å². The smallest absolute Gasteiger partial charge is 0.240 e. The van der Waals surface area contributed by atoms with Crippen molar-refractivity contribution in [3.05, 3.63) is 53.1 Å². The highest BCUT2D eigenvalue weighted by Crippen LogP contribution is 2.35. The van der Waals surface area contributed by atoms with Crippen LogP contribution in [0.1, 0.15) is 37.7 Å². The first-order valence-electron chi connectivity index (χ1n) is 13.9. The van der Waals surface area contributed by atoms with E-state index in [0.29, 0.717) is 36.9 Å². The molecule has 210 valence electrons. The van der Waals surface area contributed by atoms with Crippen LogP contribution in [0.4, 0.5) is 4.39 Å². The number of phenolic OH excluding ortho intramolecular Hbond substituents is 1. The zero-order chi connectivity index (χ0) is 28.3. The molecule has 0 bridgehead atoms. The average molecular weight is 546 g/mol. The predicted molar refractivity (Wildman–Crippen MR) is 152 cm³/mol. The Hall–Kier alpha value is -3.76. The number of aromatic nitrogens is 4. The Morgan fingerprint density at radius 3 is 2.70 bits per heavy atom. The van der Waals surface area contributed by atoms with Gasteiger partial charge in [-0.3, -0.25) is 14.8 Å². The van der Waals surface area contributed by atoms with Crippen molar-refractivity contribution in [2.45, 2.75) is 58.3 Å². The molecule has 0 saturated carbocycles. The van der Waals surface area contributed by atoms with Crippen LogP contribution >= 0.6 is 0 Å². The number of hydrogen-bond donors (Lipinski definition) is 3. The summed E-state index contributed by atoms with van der Waals surface area (Å²) >= 11 is 0. The van der Waals surface area contributed by atoms with E-state index in [2.05, 4.69) is 52.9 Å². The monoisotopic (exact) mass is 545 g/mol. The second kappa shape index (κ2) is 10.0. The number of aryl methyl sites for hydroxylation is 1. The molecule has 2 aliphatic rings. The lowest BCUT2D eigenvalue weighted by Crippen LogP contribution is -2.64. The minimum atomic E-state index is -0.641. The summed E-state index contributed by atoms with van der Waals surface area (Å²) in [7, 11) is 4.11. The van der Waals surface area contributed by atoms with E-state index in [4.69, 9.17) is 4.98 Å². The van der Waals surface area contributed by atoms with E-state index in [1.807, 2.05) is 30.0 Å². The van der Waals surface area contributed by atoms with E-state index >= 15 is 0 Å². The number of aromatic hydroxyl groups is 1. The van der Waals surface area contributed by atoms with E-state index in [1.54, 1.807) is 0 Å². The fraction of sp³-hybridized carbons (Fsp3) is 0.433. The van der Waals surface area contributed by atoms with Crippen molar-refractivity contribution < 1.29 is 14.3 Å². The standard InChI is InChI=1S/C30H36FN7O2/c1-6-17-10-27(39)22(31)11-21(17)18-7-8-20-23(9-18)34-35-28(20)29-32-24-12-26(38(16(2)3)15-25(24)33-29)30(40)37-13-19(14-37)36(4)5/h7-11,16,19,26,39H,6,12-15H2,1-5H3,(H,32,33)(H,34,35). The topological polar surface area (TPSA) is 104 Å². The van der Waals surface area contributed by atoms with E-state index in [1.165, 1.54) is 12.1 Å². The van der Waals surface area contributed by atoms with Gasteiger partial charge in [-0.25, -0.2) is 9.37 Å². The lowest BCUT2D eigenvalue weighted by Gasteiger charge is -2.46. The third kappa shape index (κ3) is 4.45. The van der Waals surface area contributed by atoms with Crippen molar-refractivity contribution in [2.24, 2.45) is 0 Å². The highest BCUT2D eigenvalue weighted by molar-refractivity contribution is 5.94. The summed E-state index contributed by atoms with van der Waals surface area (Å²) in [5, 5.41) is 18.4. The first kappa shape index (κ1) is 26.5. The molecule has 1 atom stereocenters. The van der Waals surface area contributed by atoms with E-state index in [-0.39, 0.29) is 23.7 Å². The van der Waals surface area contributed by atoms with Crippen molar-refractivity contribution in [3.8, 4) is 28.4 Å². The van der Waals surface area contributed by atoms with Gasteiger partial charge in [-0.1, -0.05) is 13.0 Å². The fourth-order valence-corrected chi connectivity index (χ4v) is 5.93. The Morgan fingerprint density at radius 2 is 2.00 bits per heavy atom. The number of aromatic amines is 2. The van der Waals surface area contributed by atoms with Crippen LogP contribution < -0.4 is 0 Å². The number of carbonyl (C=O) groups excluding carboxylic acids is 1. The van der Waals surface area contributed by atoms with Crippen molar-refractivity contribution in [3.63, 3.8) is 0 Å². The van der Waals surface area contributed by atoms with Crippen LogP contribution in [0.5, 0.6) is 5.75 Å². The molecule has 6 rings (SSSR count). The van der Waals surface area contributed by atoms with Crippen molar-refractivity contribution >= 4 is 16.8 Å². The Balaban J connectivity index is 1.29. The SMILES string of the molecule is CCc1cc(O)c(F)cc1-c1ccc2c(-c3nc4c([nH]3)CN(C(C)C)C(C(=O)N3CC(N(C)C)C3)C4)n[nH]c2c1. The van der Waals surface area contributed by atoms with Crippen molar-refractivity contribution in [1.82, 2.24) is 34.9 Å². The van der Waals surface area contributed by atoms with Gasteiger partial charge in [0.15, 0.2) is 17.4 Å². The predicted octanol–water partition coefficient (Wildman–Crippen LogP) is 3.93. The highest BCUT2D eigenvalue weighted by Gasteiger charge is 2.41. The second-order valence-corrected chi connectivity index (χ2v) is 11.5. The van der Waals surface area contributed by atoms with Gasteiger partial charge in [0.1, 0.15) is 5.69 Å². The van der Waals surface area contributed by atoms with Gasteiger partial charge < -0.3 is 19.9 Å². The summed E-state index contributed by atoms with van der Waals surface area (Å²) in [6, 6.07) is 9.12. The third-order valence-electron chi connectivity index (χ3n) is 8.50. The molecule has 4 heterocycles. The lowest BCUT2D eigenvalue weighted by molar-refractivity contribution is -0.145. The molecule has 0 spiro atoms. The molecule has 3 N–H and O–H groups in total. The normalized spacial score (nSPS) is 18.1. The van der Waals surface area contributed by atoms with Gasteiger partial charge in [-0.15, -0.1) is 0 Å². The molecule has 1 fully saturated rings. The molecule has 9 nitrogen and oxygen atoms in total. The number of H-pyrrole nitrogens is 2. The van der Waals surface area contributed by atoms with Gasteiger partial charge in [0.25, 0.3) is 0 Å². The van der Waals surface area contributed by atoms with Crippen LogP contribution in [0.15, 0.2) is 30.3 Å². The van der Waals surface area contributed by atoms with Gasteiger partial charge in [0, 0.05) is 43.5 Å². The Bertz CT molecular complexity index is 1580. The largest absolute Gasteiger partial charge is 0.505 e. The van der Waals surface area contributed by atoms with Crippen LogP contribution in [0, 0.1) is 5.82 Å². The Kier molecular flexibility index (Phi) is 6.62. The number of imidazole rings is 1. The molecule has 0 radical (unpaired) electrons. The molecule has 0 aliphatic carbocycles. The second-order valence-electron chi connectivity index (χ2n) is 11.5. The number of phenols is 1. The minimum Gasteiger partial charge on any atom is -0.505 e. The number of fused-ring (bicyclic) bond motifs is 2. The number of amides is 1. The number of benzene rings is 2. The number of nitrogens with zero attached hydrogens (tertiary/aromatic N) is 5. The third-order valence-corrected chi connectivity index (χ3v) is 8.50. The van der Waals surface area contributed by atoms with Crippen LogP contribution in [0.25, 0.3) is 33.5 Å². The molecule has 2 aromatic heterocycles. The molecular weight excluding hydrogens is 509 g/mol. The van der Waals surface area contributed by atoms with Gasteiger partial charge in [-0.2, -0.15) is 5.10 Å². The first-order valence-corrected chi connectivity index (χ1v) is 13.9.